The van der Waals surface area contributed by atoms with Gasteiger partial charge >= 0.3 is 0 Å². The summed E-state index contributed by atoms with van der Waals surface area (Å²) in [5, 5.41) is 7.54. The second-order valence-corrected chi connectivity index (χ2v) is 7.97. The van der Waals surface area contributed by atoms with Crippen LogP contribution in [0.3, 0.4) is 0 Å². The molecule has 2 heterocycles. The highest BCUT2D eigenvalue weighted by atomic mass is 35.5. The first kappa shape index (κ1) is 22.6. The topological polar surface area (TPSA) is 54.0 Å². The third-order valence-electron chi connectivity index (χ3n) is 4.25. The van der Waals surface area contributed by atoms with Gasteiger partial charge in [-0.3, -0.25) is 4.79 Å². The molecule has 1 fully saturated rings. The molecular weight excluding hydrogens is 353 g/mol. The van der Waals surface area contributed by atoms with Gasteiger partial charge in [-0.25, -0.2) is 4.98 Å². The van der Waals surface area contributed by atoms with Gasteiger partial charge in [0.15, 0.2) is 0 Å². The molecule has 2 N–H and O–H groups in total. The first-order valence-electron chi connectivity index (χ1n) is 7.83. The Kier molecular flexibility index (Phi) is 9.67. The molecule has 0 saturated carbocycles. The largest absolute Gasteiger partial charge is 0.345 e. The molecule has 1 aliphatic heterocycles. The predicted molar refractivity (Wildman–Crippen MR) is 102 cm³/mol. The lowest BCUT2D eigenvalue weighted by atomic mass is 9.85. The van der Waals surface area contributed by atoms with Crippen molar-refractivity contribution in [2.75, 3.05) is 13.1 Å². The highest BCUT2D eigenvalue weighted by molar-refractivity contribution is 7.11. The van der Waals surface area contributed by atoms with Gasteiger partial charge in [-0.15, -0.1) is 36.2 Å². The number of carbonyl (C=O) groups is 1. The lowest BCUT2D eigenvalue weighted by molar-refractivity contribution is -0.124. The van der Waals surface area contributed by atoms with Crippen molar-refractivity contribution in [1.29, 1.82) is 0 Å². The molecule has 134 valence electrons. The Labute approximate surface area is 156 Å². The van der Waals surface area contributed by atoms with E-state index in [1.165, 1.54) is 17.7 Å². The zero-order valence-corrected chi connectivity index (χ0v) is 16.8. The van der Waals surface area contributed by atoms with Crippen LogP contribution in [0.4, 0.5) is 0 Å². The predicted octanol–water partition coefficient (Wildman–Crippen LogP) is 3.67. The SMILES string of the molecule is Cc1cnc(C(C)(C)NC(=O)CC(C)C2CCCNC2)s1.Cl.Cl. The molecule has 7 heteroatoms. The van der Waals surface area contributed by atoms with Crippen LogP contribution >= 0.6 is 36.2 Å². The summed E-state index contributed by atoms with van der Waals surface area (Å²) in [5.41, 5.74) is -0.388. The van der Waals surface area contributed by atoms with Crippen molar-refractivity contribution in [3.63, 3.8) is 0 Å². The van der Waals surface area contributed by atoms with Gasteiger partial charge in [-0.05, 0) is 58.5 Å². The highest BCUT2D eigenvalue weighted by Crippen LogP contribution is 2.26. The molecule has 0 bridgehead atoms. The summed E-state index contributed by atoms with van der Waals surface area (Å²) in [4.78, 5) is 17.9. The summed E-state index contributed by atoms with van der Waals surface area (Å²) in [6, 6.07) is 0. The van der Waals surface area contributed by atoms with Crippen LogP contribution in [0.15, 0.2) is 6.20 Å². The number of amides is 1. The fraction of sp³-hybridized carbons (Fsp3) is 0.750. The Morgan fingerprint density at radius 3 is 2.74 bits per heavy atom. The number of aromatic nitrogens is 1. The van der Waals surface area contributed by atoms with E-state index in [4.69, 9.17) is 0 Å². The number of thiazole rings is 1. The molecule has 2 atom stereocenters. The molecule has 23 heavy (non-hydrogen) atoms. The first-order chi connectivity index (χ1) is 9.88. The summed E-state index contributed by atoms with van der Waals surface area (Å²) >= 11 is 1.65. The molecule has 1 aromatic rings. The average molecular weight is 382 g/mol. The number of piperidine rings is 1. The number of nitrogens with one attached hydrogen (secondary N) is 2. The molecule has 1 saturated heterocycles. The van der Waals surface area contributed by atoms with Crippen molar-refractivity contribution in [2.45, 2.75) is 52.5 Å². The van der Waals surface area contributed by atoms with Gasteiger partial charge in [0.1, 0.15) is 5.01 Å². The van der Waals surface area contributed by atoms with Crippen LogP contribution in [0.1, 0.15) is 49.9 Å². The standard InChI is InChI=1S/C16H27N3OS.2ClH/c1-11(13-6-5-7-17-10-13)8-14(20)19-16(3,4)15-18-9-12(2)21-15;;/h9,11,13,17H,5-8,10H2,1-4H3,(H,19,20);2*1H. The van der Waals surface area contributed by atoms with E-state index in [0.29, 0.717) is 18.3 Å². The second-order valence-electron chi connectivity index (χ2n) is 6.74. The van der Waals surface area contributed by atoms with E-state index >= 15 is 0 Å². The minimum atomic E-state index is -0.388. The Morgan fingerprint density at radius 1 is 1.52 bits per heavy atom. The van der Waals surface area contributed by atoms with Crippen molar-refractivity contribution in [3.05, 3.63) is 16.1 Å². The Hall–Kier alpha value is -0.360. The molecule has 0 spiro atoms. The molecule has 2 rings (SSSR count). The summed E-state index contributed by atoms with van der Waals surface area (Å²) < 4.78 is 0. The number of carbonyl (C=O) groups excluding carboxylic acids is 1. The quantitative estimate of drug-likeness (QED) is 0.817. The number of nitrogens with zero attached hydrogens (tertiary/aromatic N) is 1. The Bertz CT molecular complexity index is 487. The van der Waals surface area contributed by atoms with Crippen molar-refractivity contribution < 1.29 is 4.79 Å². The van der Waals surface area contributed by atoms with Crippen LogP contribution in [0.5, 0.6) is 0 Å². The second kappa shape index (κ2) is 9.82. The lowest BCUT2D eigenvalue weighted by Gasteiger charge is -2.29. The van der Waals surface area contributed by atoms with Crippen molar-refractivity contribution in [2.24, 2.45) is 11.8 Å². The van der Waals surface area contributed by atoms with Gasteiger partial charge < -0.3 is 10.6 Å². The summed E-state index contributed by atoms with van der Waals surface area (Å²) in [7, 11) is 0. The maximum atomic E-state index is 12.3. The third kappa shape index (κ3) is 6.57. The Balaban J connectivity index is 0.00000242. The molecular formula is C16H29Cl2N3OS. The molecule has 1 amide bonds. The minimum absolute atomic E-state index is 0. The van der Waals surface area contributed by atoms with Gasteiger partial charge in [0.05, 0.1) is 5.54 Å². The number of hydrogen-bond donors (Lipinski definition) is 2. The van der Waals surface area contributed by atoms with Gasteiger partial charge in [-0.1, -0.05) is 6.92 Å². The maximum Gasteiger partial charge on any atom is 0.221 e. The normalized spacial score (nSPS) is 19.2. The van der Waals surface area contributed by atoms with Crippen LogP contribution in [0.2, 0.25) is 0 Å². The van der Waals surface area contributed by atoms with E-state index in [1.807, 2.05) is 27.0 Å². The number of aryl methyl sites for hydroxylation is 1. The maximum absolute atomic E-state index is 12.3. The molecule has 2 unspecified atom stereocenters. The zero-order valence-electron chi connectivity index (χ0n) is 14.3. The Morgan fingerprint density at radius 2 is 2.22 bits per heavy atom. The fourth-order valence-corrected chi connectivity index (χ4v) is 3.74. The van der Waals surface area contributed by atoms with Crippen LogP contribution in [-0.4, -0.2) is 24.0 Å². The van der Waals surface area contributed by atoms with E-state index in [9.17, 15) is 4.79 Å². The van der Waals surface area contributed by atoms with Crippen LogP contribution < -0.4 is 10.6 Å². The molecule has 0 radical (unpaired) electrons. The molecule has 4 nitrogen and oxygen atoms in total. The lowest BCUT2D eigenvalue weighted by Crippen LogP contribution is -2.42. The number of halogens is 2. The molecule has 0 aromatic carbocycles. The summed E-state index contributed by atoms with van der Waals surface area (Å²) in [6.07, 6.45) is 4.92. The van der Waals surface area contributed by atoms with Gasteiger partial charge in [0, 0.05) is 17.5 Å². The smallest absolute Gasteiger partial charge is 0.221 e. The monoisotopic (exact) mass is 381 g/mol. The van der Waals surface area contributed by atoms with Crippen LogP contribution in [-0.2, 0) is 10.3 Å². The number of hydrogen-bond acceptors (Lipinski definition) is 4. The van der Waals surface area contributed by atoms with E-state index < -0.39 is 0 Å². The van der Waals surface area contributed by atoms with Crippen LogP contribution in [0, 0.1) is 18.8 Å². The van der Waals surface area contributed by atoms with Crippen molar-refractivity contribution in [3.8, 4) is 0 Å². The van der Waals surface area contributed by atoms with E-state index in [1.54, 1.807) is 11.3 Å². The molecule has 0 aliphatic carbocycles. The van der Waals surface area contributed by atoms with Gasteiger partial charge in [0.2, 0.25) is 5.91 Å². The van der Waals surface area contributed by atoms with Crippen molar-refractivity contribution in [1.82, 2.24) is 15.6 Å². The molecule has 1 aromatic heterocycles. The number of rotatable bonds is 5. The van der Waals surface area contributed by atoms with E-state index in [2.05, 4.69) is 22.5 Å². The molecule has 1 aliphatic rings. The highest BCUT2D eigenvalue weighted by Gasteiger charge is 2.28. The van der Waals surface area contributed by atoms with Crippen LogP contribution in [0.25, 0.3) is 0 Å². The zero-order chi connectivity index (χ0) is 15.5. The van der Waals surface area contributed by atoms with E-state index in [0.717, 1.165) is 18.1 Å². The fourth-order valence-electron chi connectivity index (χ4n) is 2.92. The van der Waals surface area contributed by atoms with Gasteiger partial charge in [0.25, 0.3) is 0 Å². The van der Waals surface area contributed by atoms with E-state index in [-0.39, 0.29) is 36.3 Å². The average Bonchev–Trinajstić information content (AvgIpc) is 2.86. The van der Waals surface area contributed by atoms with Crippen molar-refractivity contribution >= 4 is 42.1 Å². The third-order valence-corrected chi connectivity index (χ3v) is 5.49. The minimum Gasteiger partial charge on any atom is -0.345 e. The summed E-state index contributed by atoms with van der Waals surface area (Å²) in [5.74, 6) is 1.17. The first-order valence-corrected chi connectivity index (χ1v) is 8.65. The summed E-state index contributed by atoms with van der Waals surface area (Å²) in [6.45, 7) is 10.4. The van der Waals surface area contributed by atoms with Gasteiger partial charge in [-0.2, -0.15) is 0 Å².